The number of rotatable bonds is 7. The molecule has 32 heavy (non-hydrogen) atoms. The Bertz CT molecular complexity index is 891. The highest BCUT2D eigenvalue weighted by molar-refractivity contribution is 5.64. The van der Waals surface area contributed by atoms with Gasteiger partial charge < -0.3 is 0 Å². The monoisotopic (exact) mass is 446 g/mol. The number of hydrogen-bond donors (Lipinski definition) is 0. The Labute approximate surface area is 189 Å². The average molecular weight is 447 g/mol. The Hall–Kier alpha value is -1.84. The second-order valence-corrected chi connectivity index (χ2v) is 10.1. The quantitative estimate of drug-likeness (QED) is 0.294. The lowest BCUT2D eigenvalue weighted by atomic mass is 9.73. The van der Waals surface area contributed by atoms with Crippen LogP contribution in [0.25, 0.3) is 11.1 Å². The van der Waals surface area contributed by atoms with Gasteiger partial charge in [-0.1, -0.05) is 51.2 Å². The van der Waals surface area contributed by atoms with Crippen LogP contribution >= 0.6 is 0 Å². The van der Waals surface area contributed by atoms with Crippen LogP contribution in [-0.4, -0.2) is 0 Å². The summed E-state index contributed by atoms with van der Waals surface area (Å²) in [5.74, 6) is -1.17. The Morgan fingerprint density at radius 3 is 2.03 bits per heavy atom. The van der Waals surface area contributed by atoms with Crippen molar-refractivity contribution in [2.24, 2.45) is 23.7 Å². The van der Waals surface area contributed by atoms with Crippen molar-refractivity contribution in [3.8, 4) is 11.1 Å². The van der Waals surface area contributed by atoms with E-state index in [1.165, 1.54) is 63.9 Å². The van der Waals surface area contributed by atoms with Crippen LogP contribution in [0.2, 0.25) is 0 Å². The highest BCUT2D eigenvalue weighted by atomic mass is 19.2. The van der Waals surface area contributed by atoms with Gasteiger partial charge in [-0.25, -0.2) is 17.6 Å². The fourth-order valence-corrected chi connectivity index (χ4v) is 6.19. The number of aryl methyl sites for hydroxylation is 1. The molecule has 2 aromatic rings. The van der Waals surface area contributed by atoms with Crippen LogP contribution in [0.15, 0.2) is 30.3 Å². The van der Waals surface area contributed by atoms with Crippen LogP contribution in [-0.2, 0) is 6.42 Å². The molecule has 2 unspecified atom stereocenters. The van der Waals surface area contributed by atoms with Gasteiger partial charge in [0, 0.05) is 5.56 Å². The summed E-state index contributed by atoms with van der Waals surface area (Å²) in [6.45, 7) is 2.29. The minimum absolute atomic E-state index is 0.0110. The maximum absolute atomic E-state index is 14.6. The topological polar surface area (TPSA) is 0 Å². The predicted octanol–water partition coefficient (Wildman–Crippen LogP) is 8.87. The van der Waals surface area contributed by atoms with E-state index in [0.717, 1.165) is 48.3 Å². The van der Waals surface area contributed by atoms with E-state index in [-0.39, 0.29) is 11.1 Å². The summed E-state index contributed by atoms with van der Waals surface area (Å²) in [6.07, 6.45) is 14.1. The highest BCUT2D eigenvalue weighted by Crippen LogP contribution is 2.44. The van der Waals surface area contributed by atoms with Crippen LogP contribution in [0, 0.1) is 46.9 Å². The number of halogens is 4. The molecule has 2 aromatic carbocycles. The molecule has 0 nitrogen and oxygen atoms in total. The summed E-state index contributed by atoms with van der Waals surface area (Å²) < 4.78 is 54.8. The van der Waals surface area contributed by atoms with Gasteiger partial charge in [0.1, 0.15) is 5.82 Å². The summed E-state index contributed by atoms with van der Waals surface area (Å²) in [5.41, 5.74) is 0.997. The van der Waals surface area contributed by atoms with Gasteiger partial charge in [-0.3, -0.25) is 0 Å². The summed E-state index contributed by atoms with van der Waals surface area (Å²) in [6, 6.07) is 6.48. The fourth-order valence-electron chi connectivity index (χ4n) is 6.19. The van der Waals surface area contributed by atoms with Crippen LogP contribution in [0.5, 0.6) is 0 Å². The first-order valence-electron chi connectivity index (χ1n) is 12.4. The highest BCUT2D eigenvalue weighted by Gasteiger charge is 2.32. The molecule has 4 heteroatoms. The van der Waals surface area contributed by atoms with Crippen LogP contribution in [0.1, 0.15) is 76.7 Å². The standard InChI is InChI=1S/C28H34F4/c1-2-3-19-8-12-22(14-19)21-10-6-18(7-11-21)4-5-20-9-13-24(25(29)15-20)23-16-26(30)28(32)27(31)17-23/h9,13,15-19,21-22H,2-8,10-12,14H2,1H3. The lowest BCUT2D eigenvalue weighted by molar-refractivity contribution is 0.196. The predicted molar refractivity (Wildman–Crippen MR) is 121 cm³/mol. The van der Waals surface area contributed by atoms with Crippen molar-refractivity contribution in [1.29, 1.82) is 0 Å². The van der Waals surface area contributed by atoms with E-state index in [9.17, 15) is 17.6 Å². The van der Waals surface area contributed by atoms with Crippen LogP contribution in [0.4, 0.5) is 17.6 Å². The second kappa shape index (κ2) is 10.4. The molecule has 0 heterocycles. The van der Waals surface area contributed by atoms with Crippen LogP contribution in [0.3, 0.4) is 0 Å². The Balaban J connectivity index is 1.28. The largest absolute Gasteiger partial charge is 0.206 e. The number of hydrogen-bond acceptors (Lipinski definition) is 0. The van der Waals surface area contributed by atoms with Gasteiger partial charge in [0.25, 0.3) is 0 Å². The van der Waals surface area contributed by atoms with Crippen molar-refractivity contribution in [1.82, 2.24) is 0 Å². The van der Waals surface area contributed by atoms with Gasteiger partial charge >= 0.3 is 0 Å². The second-order valence-electron chi connectivity index (χ2n) is 10.1. The third kappa shape index (κ3) is 5.38. The summed E-state index contributed by atoms with van der Waals surface area (Å²) >= 11 is 0. The Kier molecular flexibility index (Phi) is 7.58. The Morgan fingerprint density at radius 1 is 0.719 bits per heavy atom. The minimum Gasteiger partial charge on any atom is -0.206 e. The van der Waals surface area contributed by atoms with Gasteiger partial charge in [0.15, 0.2) is 17.5 Å². The average Bonchev–Trinajstić information content (AvgIpc) is 3.25. The van der Waals surface area contributed by atoms with E-state index in [1.54, 1.807) is 6.07 Å². The molecule has 2 atom stereocenters. The Morgan fingerprint density at radius 2 is 1.38 bits per heavy atom. The molecule has 174 valence electrons. The lowest BCUT2D eigenvalue weighted by Crippen LogP contribution is -2.21. The van der Waals surface area contributed by atoms with Crippen molar-refractivity contribution >= 4 is 0 Å². The molecule has 2 fully saturated rings. The molecule has 0 amide bonds. The third-order valence-electron chi connectivity index (χ3n) is 8.01. The van der Waals surface area contributed by atoms with E-state index in [1.807, 2.05) is 6.07 Å². The zero-order valence-electron chi connectivity index (χ0n) is 19.0. The van der Waals surface area contributed by atoms with E-state index >= 15 is 0 Å². The van der Waals surface area contributed by atoms with E-state index in [2.05, 4.69) is 6.92 Å². The van der Waals surface area contributed by atoms with Gasteiger partial charge in [-0.2, -0.15) is 0 Å². The van der Waals surface area contributed by atoms with E-state index in [0.29, 0.717) is 5.92 Å². The lowest BCUT2D eigenvalue weighted by Gasteiger charge is -2.32. The molecule has 4 rings (SSSR count). The molecule has 0 N–H and O–H groups in total. The SMILES string of the molecule is CCCC1CCC(C2CCC(CCc3ccc(-c4cc(F)c(F)c(F)c4)c(F)c3)CC2)C1. The molecule has 0 saturated heterocycles. The first-order chi connectivity index (χ1) is 15.4. The molecule has 0 aliphatic heterocycles. The van der Waals surface area contributed by atoms with Gasteiger partial charge in [0.2, 0.25) is 0 Å². The molecule has 0 aromatic heterocycles. The molecule has 0 spiro atoms. The van der Waals surface area contributed by atoms with E-state index < -0.39 is 23.3 Å². The summed E-state index contributed by atoms with van der Waals surface area (Å²) in [7, 11) is 0. The van der Waals surface area contributed by atoms with Crippen molar-refractivity contribution < 1.29 is 17.6 Å². The molecule has 2 aliphatic rings. The van der Waals surface area contributed by atoms with Crippen molar-refractivity contribution in [3.05, 3.63) is 59.2 Å². The molecular formula is C28H34F4. The zero-order chi connectivity index (χ0) is 22.7. The number of benzene rings is 2. The fraction of sp³-hybridized carbons (Fsp3) is 0.571. The maximum Gasteiger partial charge on any atom is 0.194 e. The molecular weight excluding hydrogens is 412 g/mol. The van der Waals surface area contributed by atoms with Gasteiger partial charge in [-0.15, -0.1) is 0 Å². The minimum atomic E-state index is -1.53. The normalized spacial score (nSPS) is 25.9. The first kappa shape index (κ1) is 23.3. The van der Waals surface area contributed by atoms with Crippen molar-refractivity contribution in [2.75, 3.05) is 0 Å². The molecule has 2 aliphatic carbocycles. The molecule has 2 saturated carbocycles. The first-order valence-corrected chi connectivity index (χ1v) is 12.4. The van der Waals surface area contributed by atoms with Crippen molar-refractivity contribution in [2.45, 2.75) is 77.6 Å². The smallest absolute Gasteiger partial charge is 0.194 e. The van der Waals surface area contributed by atoms with E-state index in [4.69, 9.17) is 0 Å². The van der Waals surface area contributed by atoms with Crippen LogP contribution < -0.4 is 0 Å². The summed E-state index contributed by atoms with van der Waals surface area (Å²) in [5, 5.41) is 0. The molecule has 0 bridgehead atoms. The zero-order valence-corrected chi connectivity index (χ0v) is 19.0. The molecule has 0 radical (unpaired) electrons. The maximum atomic E-state index is 14.6. The van der Waals surface area contributed by atoms with Crippen molar-refractivity contribution in [3.63, 3.8) is 0 Å². The van der Waals surface area contributed by atoms with Gasteiger partial charge in [0.05, 0.1) is 0 Å². The third-order valence-corrected chi connectivity index (χ3v) is 8.01. The van der Waals surface area contributed by atoms with Gasteiger partial charge in [-0.05, 0) is 91.5 Å². The summed E-state index contributed by atoms with van der Waals surface area (Å²) in [4.78, 5) is 0.